The van der Waals surface area contributed by atoms with Gasteiger partial charge in [0, 0.05) is 16.9 Å². The van der Waals surface area contributed by atoms with Crippen LogP contribution < -0.4 is 0 Å². The van der Waals surface area contributed by atoms with E-state index >= 15 is 0 Å². The van der Waals surface area contributed by atoms with Gasteiger partial charge in [-0.2, -0.15) is 0 Å². The van der Waals surface area contributed by atoms with Crippen LogP contribution in [0.15, 0.2) is 5.38 Å². The molecule has 3 nitrogen and oxygen atoms in total. The van der Waals surface area contributed by atoms with Gasteiger partial charge in [-0.05, 0) is 13.3 Å². The van der Waals surface area contributed by atoms with Gasteiger partial charge < -0.3 is 5.11 Å². The summed E-state index contributed by atoms with van der Waals surface area (Å²) in [4.78, 5) is 22.9. The first-order chi connectivity index (χ1) is 7.38. The molecule has 2 atom stereocenters. The van der Waals surface area contributed by atoms with E-state index in [0.717, 1.165) is 0 Å². The lowest BCUT2D eigenvalue weighted by atomic mass is 10.0. The number of ketones is 1. The zero-order valence-electron chi connectivity index (χ0n) is 8.29. The first kappa shape index (κ1) is 11.9. The van der Waals surface area contributed by atoms with Crippen LogP contribution in [0, 0.1) is 11.3 Å². The maximum Gasteiger partial charge on any atom is 0.310 e. The fraction of sp³-hybridized carbons (Fsp3) is 0.400. The second kappa shape index (κ2) is 3.72. The van der Waals surface area contributed by atoms with Crippen LogP contribution in [0.1, 0.15) is 23.7 Å². The predicted molar refractivity (Wildman–Crippen MR) is 62.5 cm³/mol. The van der Waals surface area contributed by atoms with Gasteiger partial charge in [0.2, 0.25) is 0 Å². The summed E-state index contributed by atoms with van der Waals surface area (Å²) in [6.07, 6.45) is 0.366. The molecule has 0 aromatic carbocycles. The van der Waals surface area contributed by atoms with Crippen LogP contribution in [0.5, 0.6) is 0 Å². The summed E-state index contributed by atoms with van der Waals surface area (Å²) in [5.41, 5.74) is -0.596. The molecule has 0 radical (unpaired) electrons. The van der Waals surface area contributed by atoms with E-state index in [-0.39, 0.29) is 10.8 Å². The molecule has 0 aliphatic heterocycles. The zero-order chi connectivity index (χ0) is 12.1. The van der Waals surface area contributed by atoms with Gasteiger partial charge in [0.25, 0.3) is 0 Å². The molecule has 86 valence electrons. The molecule has 1 saturated carbocycles. The molecule has 2 unspecified atom stereocenters. The molecule has 0 spiro atoms. The number of carbonyl (C=O) groups excluding carboxylic acids is 1. The number of Topliss-reactive ketones (excluding diaryl/α,β-unsaturated/α-hetero) is 1. The summed E-state index contributed by atoms with van der Waals surface area (Å²) >= 11 is 12.8. The number of hydrogen-bond donors (Lipinski definition) is 1. The molecule has 0 saturated heterocycles. The third-order valence-electron chi connectivity index (χ3n) is 3.00. The molecule has 6 heteroatoms. The van der Waals surface area contributed by atoms with Gasteiger partial charge >= 0.3 is 5.97 Å². The minimum absolute atomic E-state index is 0.224. The van der Waals surface area contributed by atoms with E-state index in [1.54, 1.807) is 12.3 Å². The van der Waals surface area contributed by atoms with Crippen molar-refractivity contribution < 1.29 is 14.7 Å². The summed E-state index contributed by atoms with van der Waals surface area (Å²) < 4.78 is 0.364. The van der Waals surface area contributed by atoms with E-state index in [4.69, 9.17) is 28.3 Å². The van der Waals surface area contributed by atoms with Crippen molar-refractivity contribution in [2.75, 3.05) is 0 Å². The molecule has 1 aromatic heterocycles. The number of halogens is 2. The van der Waals surface area contributed by atoms with Crippen molar-refractivity contribution >= 4 is 46.3 Å². The Morgan fingerprint density at radius 1 is 1.56 bits per heavy atom. The average molecular weight is 279 g/mol. The van der Waals surface area contributed by atoms with Gasteiger partial charge in [-0.3, -0.25) is 9.59 Å². The third kappa shape index (κ3) is 1.65. The molecule has 1 N–H and O–H groups in total. The molecule has 1 aromatic rings. The Morgan fingerprint density at radius 3 is 2.56 bits per heavy atom. The lowest BCUT2D eigenvalue weighted by Crippen LogP contribution is -2.17. The Kier molecular flexibility index (Phi) is 2.77. The van der Waals surface area contributed by atoms with Crippen LogP contribution >= 0.6 is 34.5 Å². The smallest absolute Gasteiger partial charge is 0.310 e. The summed E-state index contributed by atoms with van der Waals surface area (Å²) in [6.45, 7) is 1.57. The van der Waals surface area contributed by atoms with Gasteiger partial charge in [0.05, 0.1) is 10.4 Å². The first-order valence-corrected chi connectivity index (χ1v) is 6.21. The van der Waals surface area contributed by atoms with E-state index in [1.807, 2.05) is 0 Å². The normalized spacial score (nSPS) is 27.8. The van der Waals surface area contributed by atoms with E-state index < -0.39 is 17.3 Å². The number of carboxylic acids is 1. The average Bonchev–Trinajstić information content (AvgIpc) is 2.81. The van der Waals surface area contributed by atoms with Crippen LogP contribution in [0.4, 0.5) is 0 Å². The molecule has 2 rings (SSSR count). The third-order valence-corrected chi connectivity index (χ3v) is 4.82. The minimum Gasteiger partial charge on any atom is -0.481 e. The highest BCUT2D eigenvalue weighted by atomic mass is 35.5. The van der Waals surface area contributed by atoms with Crippen LogP contribution in [0.3, 0.4) is 0 Å². The number of carbonyl (C=O) groups is 2. The lowest BCUT2D eigenvalue weighted by Gasteiger charge is -2.03. The fourth-order valence-electron chi connectivity index (χ4n) is 1.66. The summed E-state index contributed by atoms with van der Waals surface area (Å²) in [5, 5.41) is 10.8. The van der Waals surface area contributed by atoms with Crippen LogP contribution in [-0.4, -0.2) is 16.9 Å². The van der Waals surface area contributed by atoms with E-state index in [0.29, 0.717) is 16.3 Å². The molecule has 1 aliphatic carbocycles. The number of thiophene rings is 1. The molecule has 1 aliphatic rings. The molecule has 1 heterocycles. The van der Waals surface area contributed by atoms with Crippen molar-refractivity contribution in [3.05, 3.63) is 20.3 Å². The highest BCUT2D eigenvalue weighted by Crippen LogP contribution is 2.54. The van der Waals surface area contributed by atoms with Crippen molar-refractivity contribution in [3.8, 4) is 0 Å². The van der Waals surface area contributed by atoms with E-state index in [9.17, 15) is 9.59 Å². The minimum atomic E-state index is -0.941. The maximum atomic E-state index is 12.0. The topological polar surface area (TPSA) is 54.4 Å². The van der Waals surface area contributed by atoms with Crippen LogP contribution in [-0.2, 0) is 4.79 Å². The Bertz CT molecular complexity index is 482. The van der Waals surface area contributed by atoms with Crippen molar-refractivity contribution in [1.29, 1.82) is 0 Å². The van der Waals surface area contributed by atoms with E-state index in [2.05, 4.69) is 0 Å². The predicted octanol–water partition coefficient (Wildman–Crippen LogP) is 3.35. The summed E-state index contributed by atoms with van der Waals surface area (Å²) in [7, 11) is 0. The Morgan fingerprint density at radius 2 is 2.19 bits per heavy atom. The second-order valence-electron chi connectivity index (χ2n) is 4.08. The Labute approximate surface area is 106 Å². The number of aliphatic carboxylic acids is 1. The number of carboxylic acid groups (broad SMARTS) is 1. The fourth-order valence-corrected chi connectivity index (χ4v) is 2.91. The number of rotatable bonds is 3. The molecular formula is C10H8Cl2O3S. The van der Waals surface area contributed by atoms with Crippen molar-refractivity contribution in [2.24, 2.45) is 11.3 Å². The van der Waals surface area contributed by atoms with Gasteiger partial charge in [0.1, 0.15) is 4.34 Å². The van der Waals surface area contributed by atoms with E-state index in [1.165, 1.54) is 11.3 Å². The maximum absolute atomic E-state index is 12.0. The number of hydrogen-bond acceptors (Lipinski definition) is 3. The summed E-state index contributed by atoms with van der Waals surface area (Å²) in [6, 6.07) is 0. The monoisotopic (exact) mass is 278 g/mol. The Balaban J connectivity index is 2.24. The first-order valence-electron chi connectivity index (χ1n) is 4.58. The zero-order valence-corrected chi connectivity index (χ0v) is 10.6. The molecular weight excluding hydrogens is 271 g/mol. The molecule has 16 heavy (non-hydrogen) atoms. The van der Waals surface area contributed by atoms with Gasteiger partial charge in [-0.15, -0.1) is 11.3 Å². The highest BCUT2D eigenvalue weighted by molar-refractivity contribution is 7.15. The molecule has 1 fully saturated rings. The highest BCUT2D eigenvalue weighted by Gasteiger charge is 2.60. The standard InChI is InChI=1S/C10H8Cl2O3S/c1-10(9(14)15)2-5(10)7(13)4-3-16-8(12)6(4)11/h3,5H,2H2,1H3,(H,14,15). The van der Waals surface area contributed by atoms with Gasteiger partial charge in [-0.25, -0.2) is 0 Å². The van der Waals surface area contributed by atoms with Crippen LogP contribution in [0.25, 0.3) is 0 Å². The Hall–Kier alpha value is -0.580. The molecule has 0 amide bonds. The van der Waals surface area contributed by atoms with Crippen molar-refractivity contribution in [2.45, 2.75) is 13.3 Å². The van der Waals surface area contributed by atoms with Crippen molar-refractivity contribution in [3.63, 3.8) is 0 Å². The second-order valence-corrected chi connectivity index (χ2v) is 5.94. The molecule has 0 bridgehead atoms. The van der Waals surface area contributed by atoms with Crippen LogP contribution in [0.2, 0.25) is 9.36 Å². The van der Waals surface area contributed by atoms with Crippen molar-refractivity contribution in [1.82, 2.24) is 0 Å². The quantitative estimate of drug-likeness (QED) is 0.863. The SMILES string of the molecule is CC1(C(=O)O)CC1C(=O)c1csc(Cl)c1Cl. The lowest BCUT2D eigenvalue weighted by molar-refractivity contribution is -0.143. The van der Waals surface area contributed by atoms with Gasteiger partial charge in [-0.1, -0.05) is 23.2 Å². The van der Waals surface area contributed by atoms with Gasteiger partial charge in [0.15, 0.2) is 5.78 Å². The summed E-state index contributed by atoms with van der Waals surface area (Å²) in [5.74, 6) is -1.64. The largest absolute Gasteiger partial charge is 0.481 e.